The van der Waals surface area contributed by atoms with Crippen LogP contribution in [0.1, 0.15) is 16.4 Å². The zero-order chi connectivity index (χ0) is 14.2. The summed E-state index contributed by atoms with van der Waals surface area (Å²) in [6.07, 6.45) is 1.45. The van der Waals surface area contributed by atoms with Crippen LogP contribution in [0.5, 0.6) is 0 Å². The first-order chi connectivity index (χ1) is 9.81. The zero-order valence-corrected chi connectivity index (χ0v) is 12.0. The average Bonchev–Trinajstić information content (AvgIpc) is 2.53. The van der Waals surface area contributed by atoms with Gasteiger partial charge in [-0.3, -0.25) is 0 Å². The molecule has 0 aromatic heterocycles. The molecule has 0 spiro atoms. The van der Waals surface area contributed by atoms with E-state index in [2.05, 4.69) is 29.0 Å². The molecule has 0 unspecified atom stereocenters. The fourth-order valence-corrected chi connectivity index (χ4v) is 2.82. The summed E-state index contributed by atoms with van der Waals surface area (Å²) in [5.74, 6) is -0.336. The smallest absolute Gasteiger partial charge is 0.330 e. The number of hydrogen-bond acceptors (Lipinski definition) is 3. The largest absolute Gasteiger partial charge is 0.466 e. The molecule has 2 aromatic carbocycles. The molecule has 0 amide bonds. The number of esters is 1. The molecule has 0 heterocycles. The highest BCUT2D eigenvalue weighted by Crippen LogP contribution is 2.36. The normalized spacial score (nSPS) is 10.9. The van der Waals surface area contributed by atoms with E-state index >= 15 is 0 Å². The molecule has 2 nitrogen and oxygen atoms in total. The lowest BCUT2D eigenvalue weighted by molar-refractivity contribution is -0.134. The molecule has 2 rings (SSSR count). The summed E-state index contributed by atoms with van der Waals surface area (Å²) < 4.78 is 4.60. The maximum Gasteiger partial charge on any atom is 0.330 e. The summed E-state index contributed by atoms with van der Waals surface area (Å²) >= 11 is 1.59. The predicted molar refractivity (Wildman–Crippen MR) is 83.5 cm³/mol. The van der Waals surface area contributed by atoms with Crippen molar-refractivity contribution < 1.29 is 9.53 Å². The van der Waals surface area contributed by atoms with Crippen molar-refractivity contribution in [2.24, 2.45) is 0 Å². The van der Waals surface area contributed by atoms with Gasteiger partial charge in [0, 0.05) is 6.08 Å². The minimum Gasteiger partial charge on any atom is -0.466 e. The highest BCUT2D eigenvalue weighted by molar-refractivity contribution is 8.02. The van der Waals surface area contributed by atoms with Crippen molar-refractivity contribution in [3.05, 3.63) is 83.3 Å². The van der Waals surface area contributed by atoms with Crippen LogP contribution < -0.4 is 0 Å². The first-order valence-electron chi connectivity index (χ1n) is 6.31. The molecule has 102 valence electrons. The van der Waals surface area contributed by atoms with E-state index in [4.69, 9.17) is 0 Å². The number of ether oxygens (including phenoxy) is 1. The molecule has 0 bridgehead atoms. The quantitative estimate of drug-likeness (QED) is 0.608. The van der Waals surface area contributed by atoms with Crippen molar-refractivity contribution in [2.45, 2.75) is 5.25 Å². The summed E-state index contributed by atoms with van der Waals surface area (Å²) in [5.41, 5.74) is 2.41. The summed E-state index contributed by atoms with van der Waals surface area (Å²) in [7, 11) is 1.38. The highest BCUT2D eigenvalue weighted by atomic mass is 32.2. The lowest BCUT2D eigenvalue weighted by Crippen LogP contribution is -1.96. The fraction of sp³-hybridized carbons (Fsp3) is 0.118. The Balaban J connectivity index is 2.22. The van der Waals surface area contributed by atoms with E-state index < -0.39 is 0 Å². The Morgan fingerprint density at radius 3 is 1.95 bits per heavy atom. The molecule has 0 saturated carbocycles. The van der Waals surface area contributed by atoms with E-state index in [1.165, 1.54) is 24.3 Å². The second-order valence-electron chi connectivity index (χ2n) is 4.16. The molecule has 0 aliphatic rings. The van der Waals surface area contributed by atoms with E-state index in [0.29, 0.717) is 0 Å². The van der Waals surface area contributed by atoms with E-state index in [9.17, 15) is 4.79 Å². The number of hydrogen-bond donors (Lipinski definition) is 0. The molecular weight excluding hydrogens is 268 g/mol. The van der Waals surface area contributed by atoms with Crippen molar-refractivity contribution in [1.82, 2.24) is 0 Å². The minimum absolute atomic E-state index is 0.165. The summed E-state index contributed by atoms with van der Waals surface area (Å²) in [6, 6.07) is 20.5. The van der Waals surface area contributed by atoms with Crippen molar-refractivity contribution in [2.75, 3.05) is 7.11 Å². The van der Waals surface area contributed by atoms with Crippen LogP contribution in [0.25, 0.3) is 0 Å². The van der Waals surface area contributed by atoms with Crippen LogP contribution in [0, 0.1) is 0 Å². The molecule has 0 fully saturated rings. The number of carbonyl (C=O) groups is 1. The van der Waals surface area contributed by atoms with Gasteiger partial charge in [0.25, 0.3) is 0 Å². The summed E-state index contributed by atoms with van der Waals surface area (Å²) in [4.78, 5) is 11.1. The lowest BCUT2D eigenvalue weighted by Gasteiger charge is -2.15. The Morgan fingerprint density at radius 2 is 1.50 bits per heavy atom. The molecule has 0 atom stereocenters. The van der Waals surface area contributed by atoms with Gasteiger partial charge >= 0.3 is 5.97 Å². The number of thioether (sulfide) groups is 1. The molecule has 3 heteroatoms. The number of benzene rings is 2. The van der Waals surface area contributed by atoms with Gasteiger partial charge in [0.2, 0.25) is 0 Å². The predicted octanol–water partition coefficient (Wildman–Crippen LogP) is 4.20. The average molecular weight is 284 g/mol. The van der Waals surface area contributed by atoms with Gasteiger partial charge in [-0.1, -0.05) is 60.7 Å². The van der Waals surface area contributed by atoms with Crippen molar-refractivity contribution in [1.29, 1.82) is 0 Å². The van der Waals surface area contributed by atoms with E-state index in [1.807, 2.05) is 36.4 Å². The first-order valence-corrected chi connectivity index (χ1v) is 7.25. The van der Waals surface area contributed by atoms with E-state index in [1.54, 1.807) is 17.2 Å². The maximum atomic E-state index is 11.1. The number of carbonyl (C=O) groups excluding carboxylic acids is 1. The Kier molecular flexibility index (Phi) is 5.44. The van der Waals surface area contributed by atoms with Crippen molar-refractivity contribution >= 4 is 17.7 Å². The van der Waals surface area contributed by atoms with Gasteiger partial charge in [-0.15, -0.1) is 11.8 Å². The van der Waals surface area contributed by atoms with E-state index in [0.717, 1.165) is 0 Å². The van der Waals surface area contributed by atoms with Gasteiger partial charge in [0.05, 0.1) is 12.4 Å². The zero-order valence-electron chi connectivity index (χ0n) is 11.2. The highest BCUT2D eigenvalue weighted by Gasteiger charge is 2.12. The van der Waals surface area contributed by atoms with Crippen LogP contribution in [-0.4, -0.2) is 13.1 Å². The summed E-state index contributed by atoms with van der Waals surface area (Å²) in [6.45, 7) is 0. The van der Waals surface area contributed by atoms with Crippen LogP contribution >= 0.6 is 11.8 Å². The molecule has 2 aromatic rings. The third-order valence-electron chi connectivity index (χ3n) is 2.82. The number of rotatable bonds is 5. The molecule has 0 aliphatic carbocycles. The summed E-state index contributed by atoms with van der Waals surface area (Å²) in [5, 5.41) is 1.95. The van der Waals surface area contributed by atoms with Gasteiger partial charge in [0.1, 0.15) is 0 Å². The van der Waals surface area contributed by atoms with Crippen LogP contribution in [0.4, 0.5) is 0 Å². The molecular formula is C17H16O2S. The standard InChI is InChI=1S/C17H16O2S/c1-19-16(18)12-13-20-17(14-8-4-2-5-9-14)15-10-6-3-7-11-15/h2-13,17H,1H3/b13-12-. The SMILES string of the molecule is COC(=O)/C=C\SC(c1ccccc1)c1ccccc1. The topological polar surface area (TPSA) is 26.3 Å². The van der Waals surface area contributed by atoms with Gasteiger partial charge in [0.15, 0.2) is 0 Å². The monoisotopic (exact) mass is 284 g/mol. The minimum atomic E-state index is -0.336. The Morgan fingerprint density at radius 1 is 1.00 bits per heavy atom. The Labute approximate surface area is 123 Å². The Hall–Kier alpha value is -2.00. The third-order valence-corrected chi connectivity index (χ3v) is 3.93. The van der Waals surface area contributed by atoms with Crippen LogP contribution in [0.2, 0.25) is 0 Å². The van der Waals surface area contributed by atoms with Crippen LogP contribution in [0.3, 0.4) is 0 Å². The second kappa shape index (κ2) is 7.56. The number of methoxy groups -OCH3 is 1. The van der Waals surface area contributed by atoms with Crippen molar-refractivity contribution in [3.8, 4) is 0 Å². The second-order valence-corrected chi connectivity index (χ2v) is 5.18. The molecule has 0 N–H and O–H groups in total. The van der Waals surface area contributed by atoms with Crippen molar-refractivity contribution in [3.63, 3.8) is 0 Å². The Bertz CT molecular complexity index is 525. The van der Waals surface area contributed by atoms with Gasteiger partial charge in [-0.05, 0) is 16.5 Å². The maximum absolute atomic E-state index is 11.1. The molecule has 0 radical (unpaired) electrons. The lowest BCUT2D eigenvalue weighted by atomic mass is 10.0. The van der Waals surface area contributed by atoms with Crippen LogP contribution in [0.15, 0.2) is 72.1 Å². The molecule has 0 aliphatic heterocycles. The third kappa shape index (κ3) is 4.00. The molecule has 0 saturated heterocycles. The van der Waals surface area contributed by atoms with E-state index in [-0.39, 0.29) is 11.2 Å². The first kappa shape index (κ1) is 14.4. The van der Waals surface area contributed by atoms with Gasteiger partial charge < -0.3 is 4.74 Å². The fourth-order valence-electron chi connectivity index (χ4n) is 1.85. The van der Waals surface area contributed by atoms with Gasteiger partial charge in [-0.2, -0.15) is 0 Å². The van der Waals surface area contributed by atoms with Gasteiger partial charge in [-0.25, -0.2) is 4.79 Å². The van der Waals surface area contributed by atoms with Crippen LogP contribution in [-0.2, 0) is 9.53 Å². The molecule has 20 heavy (non-hydrogen) atoms.